The van der Waals surface area contributed by atoms with Crippen LogP contribution in [0.3, 0.4) is 0 Å². The first kappa shape index (κ1) is 11.5. The van der Waals surface area contributed by atoms with Crippen LogP contribution in [-0.2, 0) is 9.53 Å². The lowest BCUT2D eigenvalue weighted by molar-refractivity contribution is -0.143. The van der Waals surface area contributed by atoms with E-state index in [2.05, 4.69) is 0 Å². The van der Waals surface area contributed by atoms with Gasteiger partial charge in [-0.3, -0.25) is 0 Å². The van der Waals surface area contributed by atoms with E-state index in [0.29, 0.717) is 0 Å². The Hall–Kier alpha value is -0.580. The van der Waals surface area contributed by atoms with Gasteiger partial charge in [0.05, 0.1) is 23.2 Å². The Kier molecular flexibility index (Phi) is 3.53. The summed E-state index contributed by atoms with van der Waals surface area (Å²) in [6.45, 7) is 3.00. The predicted octanol–water partition coefficient (Wildman–Crippen LogP) is 0.207. The summed E-state index contributed by atoms with van der Waals surface area (Å²) in [6.07, 6.45) is -0.799. The van der Waals surface area contributed by atoms with Crippen LogP contribution in [0.5, 0.6) is 0 Å². The summed E-state index contributed by atoms with van der Waals surface area (Å²) in [7, 11) is 0. The van der Waals surface area contributed by atoms with Crippen LogP contribution >= 0.6 is 11.6 Å². The van der Waals surface area contributed by atoms with Crippen LogP contribution in [0.2, 0.25) is 0 Å². The van der Waals surface area contributed by atoms with Crippen LogP contribution in [0.4, 0.5) is 0 Å². The van der Waals surface area contributed by atoms with Crippen LogP contribution < -0.4 is 0 Å². The van der Waals surface area contributed by atoms with Gasteiger partial charge >= 0.3 is 5.97 Å². The molecule has 4 unspecified atom stereocenters. The number of esters is 1. The number of aliphatic hydroxyl groups is 2. The van der Waals surface area contributed by atoms with Gasteiger partial charge in [0.25, 0.3) is 0 Å². The van der Waals surface area contributed by atoms with E-state index in [1.54, 1.807) is 0 Å². The van der Waals surface area contributed by atoms with E-state index >= 15 is 0 Å². The normalized spacial score (nSPS) is 27.9. The van der Waals surface area contributed by atoms with Gasteiger partial charge in [-0.05, 0) is 19.9 Å². The van der Waals surface area contributed by atoms with Crippen molar-refractivity contribution in [3.05, 3.63) is 11.6 Å². The Morgan fingerprint density at radius 2 is 2.07 bits per heavy atom. The van der Waals surface area contributed by atoms with Crippen molar-refractivity contribution in [3.63, 3.8) is 0 Å². The Balaban J connectivity index is 2.78. The van der Waals surface area contributed by atoms with Gasteiger partial charge in [-0.2, -0.15) is 0 Å². The highest BCUT2D eigenvalue weighted by molar-refractivity contribution is 6.25. The molecule has 0 aliphatic carbocycles. The molecule has 14 heavy (non-hydrogen) atoms. The van der Waals surface area contributed by atoms with Crippen molar-refractivity contribution in [1.82, 2.24) is 0 Å². The number of ether oxygens (including phenoxy) is 1. The van der Waals surface area contributed by atoms with Crippen molar-refractivity contribution < 1.29 is 19.7 Å². The smallest absolute Gasteiger partial charge is 0.336 e. The second-order valence-electron chi connectivity index (χ2n) is 3.37. The standard InChI is InChI=1S/C9H13ClO4/c1-4(11)7-3-6(9(13)14-7)8(10)5(2)12/h3-5,7-8,11-12H,1-2H3. The van der Waals surface area contributed by atoms with E-state index < -0.39 is 29.7 Å². The summed E-state index contributed by atoms with van der Waals surface area (Å²) in [4.78, 5) is 11.2. The maximum Gasteiger partial charge on any atom is 0.336 e. The zero-order valence-electron chi connectivity index (χ0n) is 7.98. The number of carbonyl (C=O) groups excluding carboxylic acids is 1. The SMILES string of the molecule is CC(O)C1C=C(C(Cl)C(C)O)C(=O)O1. The van der Waals surface area contributed by atoms with Crippen molar-refractivity contribution in [2.24, 2.45) is 0 Å². The van der Waals surface area contributed by atoms with Crippen molar-refractivity contribution >= 4 is 17.6 Å². The summed E-state index contributed by atoms with van der Waals surface area (Å²) in [6, 6.07) is 0. The van der Waals surface area contributed by atoms with E-state index in [1.807, 2.05) is 0 Å². The second-order valence-corrected chi connectivity index (χ2v) is 3.85. The predicted molar refractivity (Wildman–Crippen MR) is 51.0 cm³/mol. The van der Waals surface area contributed by atoms with Crippen LogP contribution in [0.25, 0.3) is 0 Å². The highest BCUT2D eigenvalue weighted by atomic mass is 35.5. The quantitative estimate of drug-likeness (QED) is 0.527. The lowest BCUT2D eigenvalue weighted by Crippen LogP contribution is -2.23. The molecule has 0 fully saturated rings. The Labute approximate surface area is 87.1 Å². The summed E-state index contributed by atoms with van der Waals surface area (Å²) in [5.74, 6) is -0.572. The van der Waals surface area contributed by atoms with E-state index in [1.165, 1.54) is 19.9 Å². The van der Waals surface area contributed by atoms with Gasteiger partial charge in [-0.25, -0.2) is 4.79 Å². The van der Waals surface area contributed by atoms with Crippen molar-refractivity contribution in [3.8, 4) is 0 Å². The third-order valence-corrected chi connectivity index (χ3v) is 2.62. The van der Waals surface area contributed by atoms with E-state index in [4.69, 9.17) is 16.3 Å². The highest BCUT2D eigenvalue weighted by Gasteiger charge is 2.34. The lowest BCUT2D eigenvalue weighted by Gasteiger charge is -2.11. The summed E-state index contributed by atoms with van der Waals surface area (Å²) in [5, 5.41) is 17.6. The largest absolute Gasteiger partial charge is 0.452 e. The van der Waals surface area contributed by atoms with Crippen molar-refractivity contribution in [2.45, 2.75) is 37.5 Å². The molecule has 0 aromatic carbocycles. The monoisotopic (exact) mass is 220 g/mol. The number of carbonyl (C=O) groups is 1. The minimum atomic E-state index is -0.830. The minimum absolute atomic E-state index is 0.215. The molecule has 0 amide bonds. The maximum atomic E-state index is 11.2. The fraction of sp³-hybridized carbons (Fsp3) is 0.667. The van der Waals surface area contributed by atoms with E-state index in [0.717, 1.165) is 0 Å². The van der Waals surface area contributed by atoms with Crippen LogP contribution in [0.1, 0.15) is 13.8 Å². The van der Waals surface area contributed by atoms with Gasteiger partial charge in [0, 0.05) is 0 Å². The van der Waals surface area contributed by atoms with Gasteiger partial charge in [-0.15, -0.1) is 11.6 Å². The third kappa shape index (κ3) is 2.26. The number of alkyl halides is 1. The van der Waals surface area contributed by atoms with E-state index in [9.17, 15) is 15.0 Å². The van der Waals surface area contributed by atoms with Gasteiger partial charge in [0.2, 0.25) is 0 Å². The zero-order valence-corrected chi connectivity index (χ0v) is 8.73. The molecular formula is C9H13ClO4. The average molecular weight is 221 g/mol. The second kappa shape index (κ2) is 4.29. The van der Waals surface area contributed by atoms with E-state index in [-0.39, 0.29) is 5.57 Å². The molecule has 0 radical (unpaired) electrons. The summed E-state index contributed by atoms with van der Waals surface area (Å²) >= 11 is 5.79. The first-order valence-electron chi connectivity index (χ1n) is 4.36. The fourth-order valence-electron chi connectivity index (χ4n) is 1.17. The molecule has 4 atom stereocenters. The molecule has 4 nitrogen and oxygen atoms in total. The van der Waals surface area contributed by atoms with Crippen LogP contribution in [0, 0.1) is 0 Å². The maximum absolute atomic E-state index is 11.2. The fourth-order valence-corrected chi connectivity index (χ4v) is 1.33. The first-order valence-corrected chi connectivity index (χ1v) is 4.80. The van der Waals surface area contributed by atoms with Gasteiger partial charge in [0.15, 0.2) is 0 Å². The number of halogens is 1. The molecule has 0 bridgehead atoms. The molecule has 0 aromatic heterocycles. The molecule has 1 aliphatic rings. The molecule has 0 aromatic rings. The summed E-state index contributed by atoms with van der Waals surface area (Å²) in [5.41, 5.74) is 0.215. The number of hydrogen-bond acceptors (Lipinski definition) is 4. The number of cyclic esters (lactones) is 1. The number of rotatable bonds is 3. The Bertz CT molecular complexity index is 260. The molecule has 0 saturated carbocycles. The Morgan fingerprint density at radius 3 is 2.43 bits per heavy atom. The molecule has 1 heterocycles. The first-order chi connectivity index (χ1) is 6.43. The molecule has 5 heteroatoms. The number of aliphatic hydroxyl groups excluding tert-OH is 2. The number of hydrogen-bond donors (Lipinski definition) is 2. The van der Waals surface area contributed by atoms with Crippen LogP contribution in [-0.4, -0.2) is 39.9 Å². The molecule has 80 valence electrons. The molecule has 1 aliphatic heterocycles. The molecule has 0 saturated heterocycles. The molecule has 1 rings (SSSR count). The van der Waals surface area contributed by atoms with Gasteiger partial charge in [-0.1, -0.05) is 0 Å². The Morgan fingerprint density at radius 1 is 1.50 bits per heavy atom. The zero-order chi connectivity index (χ0) is 10.9. The highest BCUT2D eigenvalue weighted by Crippen LogP contribution is 2.24. The topological polar surface area (TPSA) is 66.8 Å². The minimum Gasteiger partial charge on any atom is -0.452 e. The third-order valence-electron chi connectivity index (χ3n) is 2.02. The van der Waals surface area contributed by atoms with Gasteiger partial charge in [0.1, 0.15) is 6.10 Å². The van der Waals surface area contributed by atoms with Gasteiger partial charge < -0.3 is 14.9 Å². The van der Waals surface area contributed by atoms with Crippen molar-refractivity contribution in [1.29, 1.82) is 0 Å². The van der Waals surface area contributed by atoms with Crippen molar-refractivity contribution in [2.75, 3.05) is 0 Å². The van der Waals surface area contributed by atoms with Crippen LogP contribution in [0.15, 0.2) is 11.6 Å². The average Bonchev–Trinajstić information content (AvgIpc) is 2.46. The lowest BCUT2D eigenvalue weighted by atomic mass is 10.1. The molecule has 2 N–H and O–H groups in total. The summed E-state index contributed by atoms with van der Waals surface area (Å²) < 4.78 is 4.83. The molecular weight excluding hydrogens is 208 g/mol. The molecule has 0 spiro atoms.